The Labute approximate surface area is 190 Å². The number of aryl methyl sites for hydroxylation is 1. The van der Waals surface area contributed by atoms with Crippen LogP contribution in [0.4, 0.5) is 4.39 Å². The third-order valence-corrected chi connectivity index (χ3v) is 7.21. The second kappa shape index (κ2) is 8.29. The van der Waals surface area contributed by atoms with Gasteiger partial charge in [0.15, 0.2) is 0 Å². The number of halogens is 3. The Morgan fingerprint density at radius 3 is 2.58 bits per heavy atom. The minimum absolute atomic E-state index is 0.114. The fourth-order valence-electron chi connectivity index (χ4n) is 4.83. The summed E-state index contributed by atoms with van der Waals surface area (Å²) in [7, 11) is 0. The molecule has 31 heavy (non-hydrogen) atoms. The highest BCUT2D eigenvalue weighted by Gasteiger charge is 2.38. The maximum atomic E-state index is 13.2. The minimum Gasteiger partial charge on any atom is -0.339 e. The first-order chi connectivity index (χ1) is 15.0. The highest BCUT2D eigenvalue weighted by Crippen LogP contribution is 2.36. The van der Waals surface area contributed by atoms with Crippen LogP contribution < -0.4 is 0 Å². The number of H-pyrrole nitrogens is 1. The second-order valence-electron chi connectivity index (χ2n) is 8.40. The number of aromatic amines is 1. The lowest BCUT2D eigenvalue weighted by Crippen LogP contribution is -2.41. The number of amides is 1. The number of fused-ring (bicyclic) bond motifs is 1. The van der Waals surface area contributed by atoms with Crippen LogP contribution in [0.2, 0.25) is 10.0 Å². The molecular weight excluding hydrogens is 436 g/mol. The van der Waals surface area contributed by atoms with Crippen molar-refractivity contribution >= 4 is 29.1 Å². The van der Waals surface area contributed by atoms with Crippen LogP contribution in [-0.4, -0.2) is 33.6 Å². The van der Waals surface area contributed by atoms with Gasteiger partial charge in [0.05, 0.1) is 5.69 Å². The summed E-state index contributed by atoms with van der Waals surface area (Å²) in [4.78, 5) is 15.2. The van der Waals surface area contributed by atoms with E-state index in [1.54, 1.807) is 12.1 Å². The topological polar surface area (TPSA) is 49.0 Å². The van der Waals surface area contributed by atoms with Crippen LogP contribution in [0.25, 0.3) is 11.1 Å². The summed E-state index contributed by atoms with van der Waals surface area (Å²) in [6, 6.07) is 10.1. The summed E-state index contributed by atoms with van der Waals surface area (Å²) in [5, 5.41) is 8.30. The molecule has 2 heterocycles. The van der Waals surface area contributed by atoms with Gasteiger partial charge in [-0.05, 0) is 78.6 Å². The maximum Gasteiger partial charge on any atom is 0.226 e. The van der Waals surface area contributed by atoms with E-state index in [1.807, 2.05) is 23.2 Å². The van der Waals surface area contributed by atoms with Gasteiger partial charge in [0.2, 0.25) is 5.91 Å². The van der Waals surface area contributed by atoms with Gasteiger partial charge in [-0.1, -0.05) is 35.3 Å². The Morgan fingerprint density at radius 2 is 1.84 bits per heavy atom. The molecule has 160 valence electrons. The Morgan fingerprint density at radius 1 is 1.10 bits per heavy atom. The fourth-order valence-corrected chi connectivity index (χ4v) is 5.47. The first kappa shape index (κ1) is 20.5. The fraction of sp³-hybridized carbons (Fsp3) is 0.333. The van der Waals surface area contributed by atoms with E-state index in [4.69, 9.17) is 23.2 Å². The van der Waals surface area contributed by atoms with Crippen LogP contribution in [-0.2, 0) is 24.1 Å². The molecule has 2 atom stereocenters. The lowest BCUT2D eigenvalue weighted by molar-refractivity contribution is -0.133. The monoisotopic (exact) mass is 457 g/mol. The summed E-state index contributed by atoms with van der Waals surface area (Å²) in [6.45, 7) is 0.768. The molecule has 0 spiro atoms. The third-order valence-electron chi connectivity index (χ3n) is 6.54. The molecule has 1 N–H and O–H groups in total. The van der Waals surface area contributed by atoms with Gasteiger partial charge in [0.25, 0.3) is 0 Å². The Kier molecular flexibility index (Phi) is 5.49. The van der Waals surface area contributed by atoms with Gasteiger partial charge in [-0.25, -0.2) is 4.39 Å². The SMILES string of the molecule is O=C1C(Cc2c(Cl)cc(-c3ccc(F)cc3)cc2Cl)CCN1C1CCc2n[nH]cc2C1. The van der Waals surface area contributed by atoms with Crippen LogP contribution in [0.3, 0.4) is 0 Å². The molecule has 0 saturated carbocycles. The number of hydrogen-bond donors (Lipinski definition) is 1. The number of benzene rings is 2. The molecule has 1 aliphatic carbocycles. The van der Waals surface area contributed by atoms with Gasteiger partial charge in [0.1, 0.15) is 5.82 Å². The smallest absolute Gasteiger partial charge is 0.226 e. The lowest BCUT2D eigenvalue weighted by Gasteiger charge is -2.31. The molecule has 1 amide bonds. The van der Waals surface area contributed by atoms with Gasteiger partial charge >= 0.3 is 0 Å². The molecule has 4 nitrogen and oxygen atoms in total. The van der Waals surface area contributed by atoms with E-state index in [0.717, 1.165) is 54.6 Å². The zero-order chi connectivity index (χ0) is 21.5. The van der Waals surface area contributed by atoms with Crippen molar-refractivity contribution in [3.05, 3.63) is 75.3 Å². The predicted molar refractivity (Wildman–Crippen MR) is 120 cm³/mol. The molecule has 1 fully saturated rings. The van der Waals surface area contributed by atoms with Crippen molar-refractivity contribution in [2.24, 2.45) is 5.92 Å². The standard InChI is InChI=1S/C24H22Cl2FN3O/c25-21-11-16(14-1-3-18(27)4-2-14)12-22(26)20(21)10-15-7-8-30(24(15)31)19-5-6-23-17(9-19)13-28-29-23/h1-4,11-13,15,19H,5-10H2,(H,28,29). The van der Waals surface area contributed by atoms with E-state index >= 15 is 0 Å². The molecule has 1 aliphatic heterocycles. The average Bonchev–Trinajstić information content (AvgIpc) is 3.37. The number of rotatable bonds is 4. The van der Waals surface area contributed by atoms with Gasteiger partial charge < -0.3 is 4.90 Å². The summed E-state index contributed by atoms with van der Waals surface area (Å²) in [5.41, 5.74) is 4.82. The molecule has 5 rings (SSSR count). The quantitative estimate of drug-likeness (QED) is 0.564. The van der Waals surface area contributed by atoms with Gasteiger partial charge in [-0.3, -0.25) is 9.89 Å². The van der Waals surface area contributed by atoms with E-state index in [0.29, 0.717) is 16.5 Å². The molecular formula is C24H22Cl2FN3O. The molecule has 1 aromatic heterocycles. The molecule has 0 bridgehead atoms. The van der Waals surface area contributed by atoms with Crippen molar-refractivity contribution < 1.29 is 9.18 Å². The van der Waals surface area contributed by atoms with E-state index < -0.39 is 0 Å². The van der Waals surface area contributed by atoms with E-state index in [9.17, 15) is 9.18 Å². The van der Waals surface area contributed by atoms with Gasteiger partial charge in [0, 0.05) is 34.7 Å². The maximum absolute atomic E-state index is 13.2. The molecule has 3 aromatic rings. The second-order valence-corrected chi connectivity index (χ2v) is 9.21. The molecule has 2 aliphatic rings. The summed E-state index contributed by atoms with van der Waals surface area (Å²) >= 11 is 13.2. The van der Waals surface area contributed by atoms with Crippen molar-refractivity contribution in [1.29, 1.82) is 0 Å². The average molecular weight is 458 g/mol. The summed E-state index contributed by atoms with van der Waals surface area (Å²) in [6.07, 6.45) is 5.99. The van der Waals surface area contributed by atoms with Crippen LogP contribution in [0.5, 0.6) is 0 Å². The van der Waals surface area contributed by atoms with Crippen molar-refractivity contribution in [2.45, 2.75) is 38.1 Å². The highest BCUT2D eigenvalue weighted by atomic mass is 35.5. The Balaban J connectivity index is 1.31. The van der Waals surface area contributed by atoms with Crippen molar-refractivity contribution in [3.63, 3.8) is 0 Å². The number of nitrogens with zero attached hydrogens (tertiary/aromatic N) is 2. The van der Waals surface area contributed by atoms with Crippen LogP contribution in [0.15, 0.2) is 42.6 Å². The summed E-state index contributed by atoms with van der Waals surface area (Å²) < 4.78 is 13.2. The van der Waals surface area contributed by atoms with Crippen LogP contribution in [0, 0.1) is 11.7 Å². The highest BCUT2D eigenvalue weighted by molar-refractivity contribution is 6.36. The molecule has 2 unspecified atom stereocenters. The zero-order valence-corrected chi connectivity index (χ0v) is 18.4. The number of carbonyl (C=O) groups is 1. The zero-order valence-electron chi connectivity index (χ0n) is 16.9. The largest absolute Gasteiger partial charge is 0.339 e. The Bertz CT molecular complexity index is 1110. The Hall–Kier alpha value is -2.37. The first-order valence-corrected chi connectivity index (χ1v) is 11.3. The first-order valence-electron chi connectivity index (χ1n) is 10.6. The predicted octanol–water partition coefficient (Wildman–Crippen LogP) is 5.47. The van der Waals surface area contributed by atoms with Gasteiger partial charge in [-0.15, -0.1) is 0 Å². The third kappa shape index (κ3) is 3.97. The normalized spacial score (nSPS) is 20.9. The van der Waals surface area contributed by atoms with Crippen molar-refractivity contribution in [3.8, 4) is 11.1 Å². The van der Waals surface area contributed by atoms with E-state index in [2.05, 4.69) is 10.2 Å². The molecule has 0 radical (unpaired) electrons. The molecule has 1 saturated heterocycles. The summed E-state index contributed by atoms with van der Waals surface area (Å²) in [5.74, 6) is -0.215. The number of likely N-dealkylation sites (tertiary alicyclic amines) is 1. The van der Waals surface area contributed by atoms with E-state index in [-0.39, 0.29) is 23.7 Å². The van der Waals surface area contributed by atoms with Crippen molar-refractivity contribution in [2.75, 3.05) is 6.54 Å². The van der Waals surface area contributed by atoms with Crippen LogP contribution >= 0.6 is 23.2 Å². The van der Waals surface area contributed by atoms with Gasteiger partial charge in [-0.2, -0.15) is 5.10 Å². The number of hydrogen-bond acceptors (Lipinski definition) is 2. The minimum atomic E-state index is -0.288. The molecule has 7 heteroatoms. The molecule has 2 aromatic carbocycles. The number of carbonyl (C=O) groups excluding carboxylic acids is 1. The van der Waals surface area contributed by atoms with Crippen molar-refractivity contribution in [1.82, 2.24) is 15.1 Å². The van der Waals surface area contributed by atoms with Crippen LogP contribution in [0.1, 0.15) is 29.7 Å². The lowest BCUT2D eigenvalue weighted by atomic mass is 9.92. The number of nitrogens with one attached hydrogen (secondary N) is 1. The number of aromatic nitrogens is 2. The van der Waals surface area contributed by atoms with E-state index in [1.165, 1.54) is 17.7 Å².